The van der Waals surface area contributed by atoms with Crippen molar-refractivity contribution in [3.05, 3.63) is 12.7 Å². The van der Waals surface area contributed by atoms with E-state index in [-0.39, 0.29) is 35.1 Å². The van der Waals surface area contributed by atoms with Crippen molar-refractivity contribution in [2.45, 2.75) is 137 Å². The zero-order chi connectivity index (χ0) is 38.6. The number of urea groups is 1. The first-order chi connectivity index (χ1) is 24.3. The van der Waals surface area contributed by atoms with Crippen molar-refractivity contribution in [2.75, 3.05) is 32.8 Å². The van der Waals surface area contributed by atoms with Crippen molar-refractivity contribution >= 4 is 35.4 Å². The van der Waals surface area contributed by atoms with E-state index in [2.05, 4.69) is 55.5 Å². The fourth-order valence-electron chi connectivity index (χ4n) is 8.12. The minimum atomic E-state index is -1.11. The minimum absolute atomic E-state index is 0.0577. The van der Waals surface area contributed by atoms with Gasteiger partial charge in [0.1, 0.15) is 12.1 Å². The number of piperidine rings is 2. The maximum absolute atomic E-state index is 14.6. The van der Waals surface area contributed by atoms with Crippen LogP contribution in [0, 0.1) is 28.1 Å². The summed E-state index contributed by atoms with van der Waals surface area (Å²) < 4.78 is 6.18. The van der Waals surface area contributed by atoms with Crippen molar-refractivity contribution < 1.29 is 33.5 Å². The van der Waals surface area contributed by atoms with Gasteiger partial charge in [0.15, 0.2) is 0 Å². The fraction of sp³-hybridized carbons (Fsp3) is 0.795. The lowest BCUT2D eigenvalue weighted by Gasteiger charge is -2.41. The predicted octanol–water partition coefficient (Wildman–Crippen LogP) is 3.32. The van der Waals surface area contributed by atoms with Gasteiger partial charge in [-0.25, -0.2) is 4.79 Å². The lowest BCUT2D eigenvalue weighted by atomic mass is 9.81. The number of rotatable bonds is 8. The molecule has 0 radical (unpaired) electrons. The van der Waals surface area contributed by atoms with Gasteiger partial charge in [-0.1, -0.05) is 80.2 Å². The summed E-state index contributed by atoms with van der Waals surface area (Å²) >= 11 is 0. The number of carbonyl (C=O) groups is 6. The Bertz CT molecular complexity index is 1370. The van der Waals surface area contributed by atoms with Crippen LogP contribution in [0.4, 0.5) is 4.79 Å². The zero-order valence-corrected chi connectivity index (χ0v) is 32.8. The number of nitrogens with one attached hydrogen (secondary N) is 4. The number of likely N-dealkylation sites (tertiary alicyclic amines) is 1. The van der Waals surface area contributed by atoms with Crippen LogP contribution in [-0.4, -0.2) is 108 Å². The Morgan fingerprint density at radius 1 is 1.06 bits per heavy atom. The van der Waals surface area contributed by atoms with Crippen LogP contribution in [0.25, 0.3) is 0 Å². The van der Waals surface area contributed by atoms with Crippen LogP contribution in [0.5, 0.6) is 0 Å². The van der Waals surface area contributed by atoms with Crippen LogP contribution in [0.2, 0.25) is 0 Å². The van der Waals surface area contributed by atoms with Crippen LogP contribution in [0.15, 0.2) is 12.7 Å². The summed E-state index contributed by atoms with van der Waals surface area (Å²) in [5, 5.41) is 11.4. The maximum Gasteiger partial charge on any atom is 0.315 e. The number of ether oxygens (including phenoxy) is 1. The van der Waals surface area contributed by atoms with Crippen molar-refractivity contribution in [2.24, 2.45) is 28.1 Å². The molecule has 3 heterocycles. The van der Waals surface area contributed by atoms with E-state index in [0.717, 1.165) is 32.1 Å². The van der Waals surface area contributed by atoms with Gasteiger partial charge in [-0.15, -0.1) is 6.58 Å². The van der Waals surface area contributed by atoms with E-state index in [1.165, 1.54) is 11.0 Å². The highest BCUT2D eigenvalue weighted by Gasteiger charge is 2.69. The van der Waals surface area contributed by atoms with Crippen molar-refractivity contribution in [1.82, 2.24) is 31.1 Å². The zero-order valence-electron chi connectivity index (χ0n) is 32.8. The van der Waals surface area contributed by atoms with Gasteiger partial charge in [-0.2, -0.15) is 0 Å². The number of carbonyl (C=O) groups excluding carboxylic acids is 6. The molecule has 52 heavy (non-hydrogen) atoms. The predicted molar refractivity (Wildman–Crippen MR) is 198 cm³/mol. The number of hydrogen-bond acceptors (Lipinski definition) is 7. The van der Waals surface area contributed by atoms with Crippen molar-refractivity contribution in [1.29, 1.82) is 0 Å². The van der Waals surface area contributed by atoms with Crippen molar-refractivity contribution in [3.63, 3.8) is 0 Å². The van der Waals surface area contributed by atoms with Gasteiger partial charge in [0.25, 0.3) is 5.91 Å². The fourth-order valence-corrected chi connectivity index (χ4v) is 8.12. The monoisotopic (exact) mass is 728 g/mol. The van der Waals surface area contributed by atoms with E-state index in [9.17, 15) is 28.8 Å². The molecular formula is C39H64N6O7. The molecule has 0 aromatic rings. The van der Waals surface area contributed by atoms with Gasteiger partial charge in [-0.3, -0.25) is 24.0 Å². The summed E-state index contributed by atoms with van der Waals surface area (Å²) in [6.07, 6.45) is 6.33. The Labute approximate surface area is 310 Å². The lowest BCUT2D eigenvalue weighted by molar-refractivity contribution is -0.146. The molecule has 4 aliphatic rings. The average molecular weight is 729 g/mol. The van der Waals surface area contributed by atoms with Gasteiger partial charge >= 0.3 is 6.03 Å². The Morgan fingerprint density at radius 2 is 1.73 bits per heavy atom. The van der Waals surface area contributed by atoms with E-state index >= 15 is 0 Å². The first-order valence-electron chi connectivity index (χ1n) is 19.3. The van der Waals surface area contributed by atoms with E-state index in [0.29, 0.717) is 45.5 Å². The highest BCUT2D eigenvalue weighted by molar-refractivity contribution is 6.38. The smallest absolute Gasteiger partial charge is 0.315 e. The molecule has 4 fully saturated rings. The normalized spacial score (nSPS) is 30.3. The van der Waals surface area contributed by atoms with E-state index in [4.69, 9.17) is 4.74 Å². The average Bonchev–Trinajstić information content (AvgIpc) is 3.36. The second-order valence-corrected chi connectivity index (χ2v) is 17.9. The quantitative estimate of drug-likeness (QED) is 0.220. The summed E-state index contributed by atoms with van der Waals surface area (Å²) in [4.78, 5) is 84.9. The molecule has 3 aliphatic heterocycles. The minimum Gasteiger partial charge on any atom is -0.376 e. The van der Waals surface area contributed by atoms with E-state index < -0.39 is 65.2 Å². The topological polar surface area (TPSA) is 166 Å². The van der Waals surface area contributed by atoms with E-state index in [1.807, 2.05) is 25.7 Å². The standard InChI is InChI=1S/C39H64N6O7/c1-10-18-40-34(49)32(47)26-16-14-12-11-13-15-20-52-24(2)30(35(50)45-22-25-29(39(25,8)9)31(45)33(48)41-26)43-36(51)42-27(37(3,4)5)23-44-19-17-38(6,7)21-28(44)46/h10,24-27,29-31H,1,11-23H2,2-9H3,(H,40,49)(H,41,48)(H2,42,43,51)/t24-,25-,26-,27+,29?,30-,31-/m0/s1. The van der Waals surface area contributed by atoms with Crippen molar-refractivity contribution in [3.8, 4) is 0 Å². The van der Waals surface area contributed by atoms with Gasteiger partial charge in [0, 0.05) is 39.2 Å². The number of Topliss-reactive ketones (excluding diaryl/α,β-unsaturated/α-hetero) is 1. The Morgan fingerprint density at radius 3 is 2.38 bits per heavy atom. The molecule has 0 spiro atoms. The SMILES string of the molecule is C=CCNC(=O)C(=O)[C@@H]1CCCCCCCO[C@@H](C)[C@H](NC(=O)N[C@H](CN2CCC(C)(C)CC2=O)C(C)(C)C)C(=O)N2C[C@H]3C([C@H]2C(=O)N1)C3(C)C. The number of nitrogens with zero attached hydrogens (tertiary/aromatic N) is 2. The van der Waals surface area contributed by atoms with E-state index in [1.54, 1.807) is 6.92 Å². The molecule has 13 nitrogen and oxygen atoms in total. The van der Waals surface area contributed by atoms with Gasteiger partial charge in [-0.05, 0) is 54.3 Å². The molecule has 1 aliphatic carbocycles. The molecule has 0 bridgehead atoms. The Balaban J connectivity index is 1.57. The lowest BCUT2D eigenvalue weighted by Crippen LogP contribution is -2.63. The van der Waals surface area contributed by atoms with Crippen LogP contribution in [0.3, 0.4) is 0 Å². The van der Waals surface area contributed by atoms with Crippen LogP contribution in [0.1, 0.15) is 107 Å². The molecule has 3 saturated heterocycles. The third-order valence-corrected chi connectivity index (χ3v) is 11.9. The highest BCUT2D eigenvalue weighted by Crippen LogP contribution is 2.65. The molecule has 0 aromatic carbocycles. The number of fused-ring (bicyclic) bond motifs is 3. The first-order valence-corrected chi connectivity index (χ1v) is 19.3. The van der Waals surface area contributed by atoms with Crippen LogP contribution >= 0.6 is 0 Å². The molecule has 6 amide bonds. The molecule has 7 atom stereocenters. The molecule has 0 aromatic heterocycles. The van der Waals surface area contributed by atoms with Gasteiger partial charge in [0.2, 0.25) is 23.5 Å². The summed E-state index contributed by atoms with van der Waals surface area (Å²) in [5.74, 6) is -2.46. The molecule has 4 N–H and O–H groups in total. The van der Waals surface area contributed by atoms with Gasteiger partial charge < -0.3 is 35.8 Å². The third kappa shape index (κ3) is 9.93. The summed E-state index contributed by atoms with van der Waals surface area (Å²) in [6.45, 7) is 21.4. The molecule has 292 valence electrons. The summed E-state index contributed by atoms with van der Waals surface area (Å²) in [5.41, 5.74) is -0.671. The molecule has 4 rings (SSSR count). The van der Waals surface area contributed by atoms with Crippen LogP contribution < -0.4 is 21.3 Å². The highest BCUT2D eigenvalue weighted by atomic mass is 16.5. The largest absolute Gasteiger partial charge is 0.376 e. The summed E-state index contributed by atoms with van der Waals surface area (Å²) in [7, 11) is 0. The molecular weight excluding hydrogens is 664 g/mol. The van der Waals surface area contributed by atoms with Crippen LogP contribution in [-0.2, 0) is 28.7 Å². The Kier molecular flexibility index (Phi) is 13.2. The number of hydrogen-bond donors (Lipinski definition) is 4. The van der Waals surface area contributed by atoms with Gasteiger partial charge in [0.05, 0.1) is 18.2 Å². The Hall–Kier alpha value is -3.48. The number of ketones is 1. The number of amides is 6. The summed E-state index contributed by atoms with van der Waals surface area (Å²) in [6, 6.07) is -3.99. The molecule has 1 unspecified atom stereocenters. The first kappa shape index (κ1) is 41.3. The molecule has 1 saturated carbocycles. The third-order valence-electron chi connectivity index (χ3n) is 11.9. The second-order valence-electron chi connectivity index (χ2n) is 17.9. The molecule has 13 heteroatoms. The second kappa shape index (κ2) is 16.7. The maximum atomic E-state index is 14.6.